The Bertz CT molecular complexity index is 673. The minimum atomic E-state index is -1.37. The molecule has 1 saturated heterocycles. The van der Waals surface area contributed by atoms with Gasteiger partial charge >= 0.3 is 12.1 Å². The van der Waals surface area contributed by atoms with Gasteiger partial charge in [0.1, 0.15) is 11.6 Å². The summed E-state index contributed by atoms with van der Waals surface area (Å²) in [5.74, 6) is -1.62. The Morgan fingerprint density at radius 1 is 1.23 bits per heavy atom. The lowest BCUT2D eigenvalue weighted by Crippen LogP contribution is -2.50. The van der Waals surface area contributed by atoms with Crippen molar-refractivity contribution in [3.8, 4) is 0 Å². The molecule has 0 bridgehead atoms. The van der Waals surface area contributed by atoms with Crippen LogP contribution in [0.15, 0.2) is 17.5 Å². The zero-order valence-corrected chi connectivity index (χ0v) is 17.6. The van der Waals surface area contributed by atoms with E-state index in [0.29, 0.717) is 0 Å². The predicted molar refractivity (Wildman–Crippen MR) is 99.9 cm³/mol. The van der Waals surface area contributed by atoms with E-state index in [4.69, 9.17) is 14.2 Å². The van der Waals surface area contributed by atoms with Gasteiger partial charge in [-0.15, -0.1) is 11.3 Å². The number of hydrogen-bond donors (Lipinski definition) is 1. The van der Waals surface area contributed by atoms with Crippen molar-refractivity contribution < 1.29 is 23.8 Å². The topological polar surface area (TPSA) is 73.9 Å². The van der Waals surface area contributed by atoms with Gasteiger partial charge in [0.15, 0.2) is 5.60 Å². The van der Waals surface area contributed by atoms with E-state index in [9.17, 15) is 9.59 Å². The highest BCUT2D eigenvalue weighted by Crippen LogP contribution is 2.48. The van der Waals surface area contributed by atoms with E-state index in [0.717, 1.165) is 4.88 Å². The zero-order chi connectivity index (χ0) is 20.0. The van der Waals surface area contributed by atoms with E-state index in [1.807, 2.05) is 38.3 Å². The molecular weight excluding hydrogens is 354 g/mol. The monoisotopic (exact) mass is 383 g/mol. The van der Waals surface area contributed by atoms with Crippen LogP contribution in [0.1, 0.15) is 66.3 Å². The van der Waals surface area contributed by atoms with E-state index in [1.165, 1.54) is 11.3 Å². The number of carbonyl (C=O) groups is 2. The maximum Gasteiger partial charge on any atom is 0.408 e. The summed E-state index contributed by atoms with van der Waals surface area (Å²) in [5, 5.41) is 4.68. The maximum atomic E-state index is 12.8. The molecule has 1 fully saturated rings. The summed E-state index contributed by atoms with van der Waals surface area (Å²) in [6.45, 7) is 14.6. The van der Waals surface area contributed by atoms with Gasteiger partial charge in [-0.25, -0.2) is 9.59 Å². The van der Waals surface area contributed by atoms with Gasteiger partial charge in [-0.3, -0.25) is 0 Å². The van der Waals surface area contributed by atoms with Crippen LogP contribution in [0.4, 0.5) is 4.79 Å². The number of cyclic esters (lactones) is 1. The van der Waals surface area contributed by atoms with Gasteiger partial charge in [-0.2, -0.15) is 0 Å². The minimum Gasteiger partial charge on any atom is -0.444 e. The number of amides is 1. The SMILES string of the molecule is CC(C)(C)OC(=O)N[C@@H](c1cccs1)[C@@]1(C)O[C@](C)(C(C)(C)C)OC1=O. The molecule has 1 aromatic heterocycles. The summed E-state index contributed by atoms with van der Waals surface area (Å²) < 4.78 is 17.2. The largest absolute Gasteiger partial charge is 0.444 e. The molecule has 1 N–H and O–H groups in total. The first kappa shape index (κ1) is 20.7. The van der Waals surface area contributed by atoms with Gasteiger partial charge in [-0.05, 0) is 39.1 Å². The van der Waals surface area contributed by atoms with Gasteiger partial charge in [-0.1, -0.05) is 26.8 Å². The van der Waals surface area contributed by atoms with Crippen LogP contribution in [0.5, 0.6) is 0 Å². The molecule has 6 nitrogen and oxygen atoms in total. The van der Waals surface area contributed by atoms with Crippen molar-refractivity contribution in [3.05, 3.63) is 22.4 Å². The third-order valence-electron chi connectivity index (χ3n) is 4.50. The molecule has 0 spiro atoms. The molecule has 1 amide bonds. The van der Waals surface area contributed by atoms with Gasteiger partial charge < -0.3 is 19.5 Å². The molecule has 1 aliphatic rings. The van der Waals surface area contributed by atoms with Crippen LogP contribution >= 0.6 is 11.3 Å². The highest BCUT2D eigenvalue weighted by molar-refractivity contribution is 7.10. The first-order valence-electron chi connectivity index (χ1n) is 8.64. The minimum absolute atomic E-state index is 0.438. The van der Waals surface area contributed by atoms with Crippen LogP contribution in [0, 0.1) is 5.41 Å². The number of alkyl carbamates (subject to hydrolysis) is 1. The molecule has 1 aromatic rings. The van der Waals surface area contributed by atoms with E-state index in [-0.39, 0.29) is 0 Å². The third-order valence-corrected chi connectivity index (χ3v) is 5.44. The average molecular weight is 384 g/mol. The number of rotatable bonds is 3. The average Bonchev–Trinajstić information content (AvgIpc) is 3.01. The fourth-order valence-electron chi connectivity index (χ4n) is 2.59. The fraction of sp³-hybridized carbons (Fsp3) is 0.684. The Labute approximate surface area is 159 Å². The smallest absolute Gasteiger partial charge is 0.408 e. The van der Waals surface area contributed by atoms with Crippen molar-refractivity contribution in [2.45, 2.75) is 78.4 Å². The highest BCUT2D eigenvalue weighted by atomic mass is 32.1. The molecule has 0 radical (unpaired) electrons. The van der Waals surface area contributed by atoms with Crippen molar-refractivity contribution in [3.63, 3.8) is 0 Å². The lowest BCUT2D eigenvalue weighted by atomic mass is 9.86. The van der Waals surface area contributed by atoms with E-state index in [2.05, 4.69) is 5.32 Å². The van der Waals surface area contributed by atoms with Crippen LogP contribution in [0.3, 0.4) is 0 Å². The van der Waals surface area contributed by atoms with Crippen molar-refractivity contribution in [1.29, 1.82) is 0 Å². The summed E-state index contributed by atoms with van der Waals surface area (Å²) in [4.78, 5) is 26.0. The molecule has 2 heterocycles. The standard InChI is InChI=1S/C19H29NO5S/c1-16(2,3)19(8)23-14(21)18(7,25-19)13(12-10-9-11-26-12)20-15(22)24-17(4,5)6/h9-11,13H,1-8H3,(H,20,22)/t13-,18+,19+/m0/s1. The molecule has 7 heteroatoms. The first-order chi connectivity index (χ1) is 11.7. The number of ether oxygens (including phenoxy) is 3. The zero-order valence-electron chi connectivity index (χ0n) is 16.8. The predicted octanol–water partition coefficient (Wildman–Crippen LogP) is 4.41. The van der Waals surface area contributed by atoms with Gasteiger partial charge in [0.25, 0.3) is 0 Å². The molecule has 146 valence electrons. The number of thiophene rings is 1. The summed E-state index contributed by atoms with van der Waals surface area (Å²) in [5.41, 5.74) is -2.46. The number of nitrogens with one attached hydrogen (secondary N) is 1. The van der Waals surface area contributed by atoms with Crippen LogP contribution < -0.4 is 5.32 Å². The molecule has 0 aliphatic carbocycles. The summed E-state index contributed by atoms with van der Waals surface area (Å²) in [6.07, 6.45) is -0.613. The summed E-state index contributed by atoms with van der Waals surface area (Å²) in [7, 11) is 0. The molecule has 26 heavy (non-hydrogen) atoms. The second-order valence-corrected chi connectivity index (χ2v) is 9.87. The number of hydrogen-bond acceptors (Lipinski definition) is 6. The van der Waals surface area contributed by atoms with Crippen molar-refractivity contribution in [1.82, 2.24) is 5.32 Å². The fourth-order valence-corrected chi connectivity index (χ4v) is 3.48. The van der Waals surface area contributed by atoms with Crippen LogP contribution in [0.2, 0.25) is 0 Å². The summed E-state index contributed by atoms with van der Waals surface area (Å²) >= 11 is 1.43. The highest BCUT2D eigenvalue weighted by Gasteiger charge is 2.62. The Balaban J connectivity index is 2.37. The molecule has 0 unspecified atom stereocenters. The Morgan fingerprint density at radius 2 is 1.85 bits per heavy atom. The Hall–Kier alpha value is -1.60. The second-order valence-electron chi connectivity index (χ2n) is 8.89. The molecule has 0 saturated carbocycles. The van der Waals surface area contributed by atoms with Gasteiger partial charge in [0.2, 0.25) is 5.79 Å². The molecule has 2 rings (SSSR count). The number of carbonyl (C=O) groups excluding carboxylic acids is 2. The van der Waals surface area contributed by atoms with E-state index >= 15 is 0 Å². The van der Waals surface area contributed by atoms with Crippen molar-refractivity contribution in [2.24, 2.45) is 5.41 Å². The van der Waals surface area contributed by atoms with Crippen LogP contribution in [-0.2, 0) is 19.0 Å². The Morgan fingerprint density at radius 3 is 2.27 bits per heavy atom. The van der Waals surface area contributed by atoms with Gasteiger partial charge in [0.05, 0.1) is 0 Å². The lowest BCUT2D eigenvalue weighted by molar-refractivity contribution is -0.233. The van der Waals surface area contributed by atoms with Crippen LogP contribution in [-0.4, -0.2) is 29.1 Å². The molecule has 3 atom stereocenters. The van der Waals surface area contributed by atoms with E-state index in [1.54, 1.807) is 34.6 Å². The molecular formula is C19H29NO5S. The van der Waals surface area contributed by atoms with Gasteiger partial charge in [0, 0.05) is 17.2 Å². The molecule has 1 aliphatic heterocycles. The second kappa shape index (κ2) is 6.53. The lowest BCUT2D eigenvalue weighted by Gasteiger charge is -2.38. The first-order valence-corrected chi connectivity index (χ1v) is 9.52. The van der Waals surface area contributed by atoms with Crippen molar-refractivity contribution >= 4 is 23.4 Å². The van der Waals surface area contributed by atoms with E-state index < -0.39 is 40.5 Å². The quantitative estimate of drug-likeness (QED) is 0.783. The van der Waals surface area contributed by atoms with Crippen molar-refractivity contribution in [2.75, 3.05) is 0 Å². The van der Waals surface area contributed by atoms with Crippen LogP contribution in [0.25, 0.3) is 0 Å². The normalized spacial score (nSPS) is 27.8. The number of esters is 1. The summed E-state index contributed by atoms with van der Waals surface area (Å²) in [6, 6.07) is 2.98. The Kier molecular flexibility index (Phi) is 5.20. The third kappa shape index (κ3) is 4.04. The maximum absolute atomic E-state index is 12.8. The molecule has 0 aromatic carbocycles.